The van der Waals surface area contributed by atoms with Crippen molar-refractivity contribution in [2.75, 3.05) is 13.2 Å². The number of rotatable bonds is 6. The van der Waals surface area contributed by atoms with Gasteiger partial charge in [-0.15, -0.1) is 0 Å². The molecule has 0 radical (unpaired) electrons. The van der Waals surface area contributed by atoms with Crippen LogP contribution in [0.3, 0.4) is 0 Å². The number of fused-ring (bicyclic) bond motifs is 3. The van der Waals surface area contributed by atoms with Crippen LogP contribution in [-0.2, 0) is 19.8 Å². The van der Waals surface area contributed by atoms with Gasteiger partial charge in [0, 0.05) is 4.47 Å². The molecular formula is C19H20BrO3P. The average Bonchev–Trinajstić information content (AvgIpc) is 2.55. The maximum Gasteiger partial charge on any atom is 0.335 e. The summed E-state index contributed by atoms with van der Waals surface area (Å²) in [5, 5.41) is 4.66. The highest BCUT2D eigenvalue weighted by atomic mass is 79.9. The van der Waals surface area contributed by atoms with Gasteiger partial charge in [0.05, 0.1) is 19.4 Å². The van der Waals surface area contributed by atoms with Gasteiger partial charge < -0.3 is 9.05 Å². The Hall–Kier alpha value is -1.19. The zero-order valence-electron chi connectivity index (χ0n) is 13.8. The van der Waals surface area contributed by atoms with Gasteiger partial charge in [-0.1, -0.05) is 46.3 Å². The summed E-state index contributed by atoms with van der Waals surface area (Å²) in [6.07, 6.45) is 0.287. The summed E-state index contributed by atoms with van der Waals surface area (Å²) in [6, 6.07) is 16.6. The quantitative estimate of drug-likeness (QED) is 0.345. The van der Waals surface area contributed by atoms with Gasteiger partial charge in [0.2, 0.25) is 0 Å². The topological polar surface area (TPSA) is 35.5 Å². The van der Waals surface area contributed by atoms with E-state index in [-0.39, 0.29) is 6.16 Å². The summed E-state index contributed by atoms with van der Waals surface area (Å²) in [7, 11) is -3.10. The van der Waals surface area contributed by atoms with Crippen molar-refractivity contribution in [3.63, 3.8) is 0 Å². The van der Waals surface area contributed by atoms with E-state index in [0.29, 0.717) is 13.2 Å². The monoisotopic (exact) mass is 406 g/mol. The minimum absolute atomic E-state index is 0.287. The van der Waals surface area contributed by atoms with Crippen LogP contribution in [0.4, 0.5) is 0 Å². The second kappa shape index (κ2) is 7.37. The Morgan fingerprint density at radius 3 is 2.04 bits per heavy atom. The SMILES string of the molecule is CCOP(=O)(Cc1ccc2ccc3ccc(Br)cc3c2c1)OCC. The molecule has 0 amide bonds. The molecular weight excluding hydrogens is 387 g/mol. The Labute approximate surface area is 150 Å². The zero-order chi connectivity index (χ0) is 17.2. The van der Waals surface area contributed by atoms with Gasteiger partial charge in [0.15, 0.2) is 0 Å². The highest BCUT2D eigenvalue weighted by Crippen LogP contribution is 2.51. The van der Waals surface area contributed by atoms with E-state index in [1.807, 2.05) is 26.0 Å². The summed E-state index contributed by atoms with van der Waals surface area (Å²) < 4.78 is 24.7. The van der Waals surface area contributed by atoms with Crippen molar-refractivity contribution in [3.8, 4) is 0 Å². The summed E-state index contributed by atoms with van der Waals surface area (Å²) in [5.74, 6) is 0. The van der Waals surface area contributed by atoms with E-state index in [4.69, 9.17) is 9.05 Å². The van der Waals surface area contributed by atoms with Crippen LogP contribution in [0.1, 0.15) is 19.4 Å². The highest BCUT2D eigenvalue weighted by Gasteiger charge is 2.24. The van der Waals surface area contributed by atoms with E-state index >= 15 is 0 Å². The molecule has 0 saturated heterocycles. The molecule has 0 aliphatic heterocycles. The second-order valence-electron chi connectivity index (χ2n) is 5.59. The minimum Gasteiger partial charge on any atom is -0.309 e. The predicted octanol–water partition coefficient (Wildman–Crippen LogP) is 6.52. The van der Waals surface area contributed by atoms with Crippen LogP contribution in [0.5, 0.6) is 0 Å². The lowest BCUT2D eigenvalue weighted by Gasteiger charge is -2.17. The molecule has 0 heterocycles. The standard InChI is InChI=1S/C19H20BrO3P/c1-3-22-24(21,23-4-2)13-14-5-6-15-7-8-16-9-10-17(20)12-19(16)18(15)11-14/h5-12H,3-4,13H2,1-2H3. The van der Waals surface area contributed by atoms with Crippen LogP contribution >= 0.6 is 23.5 Å². The summed E-state index contributed by atoms with van der Waals surface area (Å²) in [4.78, 5) is 0. The molecule has 3 aromatic rings. The molecule has 3 aromatic carbocycles. The third-order valence-electron chi connectivity index (χ3n) is 3.89. The van der Waals surface area contributed by atoms with Crippen molar-refractivity contribution in [1.82, 2.24) is 0 Å². The molecule has 0 spiro atoms. The van der Waals surface area contributed by atoms with Gasteiger partial charge in [-0.2, -0.15) is 0 Å². The summed E-state index contributed by atoms with van der Waals surface area (Å²) in [6.45, 7) is 4.41. The lowest BCUT2D eigenvalue weighted by molar-refractivity contribution is 0.219. The third-order valence-corrected chi connectivity index (χ3v) is 6.44. The second-order valence-corrected chi connectivity index (χ2v) is 8.56. The van der Waals surface area contributed by atoms with Crippen molar-refractivity contribution in [3.05, 3.63) is 58.6 Å². The largest absolute Gasteiger partial charge is 0.335 e. The maximum atomic E-state index is 12.8. The van der Waals surface area contributed by atoms with Crippen molar-refractivity contribution >= 4 is 45.1 Å². The Balaban J connectivity index is 2.08. The smallest absolute Gasteiger partial charge is 0.309 e. The molecule has 0 unspecified atom stereocenters. The summed E-state index contributed by atoms with van der Waals surface area (Å²) in [5.41, 5.74) is 0.959. The Bertz CT molecular complexity index is 913. The first-order valence-corrected chi connectivity index (χ1v) is 10.6. The maximum absolute atomic E-state index is 12.8. The molecule has 0 aliphatic rings. The zero-order valence-corrected chi connectivity index (χ0v) is 16.3. The van der Waals surface area contributed by atoms with Gasteiger partial charge in [-0.3, -0.25) is 4.57 Å². The molecule has 5 heteroatoms. The Morgan fingerprint density at radius 1 is 0.875 bits per heavy atom. The molecule has 0 saturated carbocycles. The fourth-order valence-electron chi connectivity index (χ4n) is 2.91. The van der Waals surface area contributed by atoms with Gasteiger partial charge in [-0.05, 0) is 59.2 Å². The van der Waals surface area contributed by atoms with Crippen molar-refractivity contribution in [2.45, 2.75) is 20.0 Å². The third kappa shape index (κ3) is 3.73. The van der Waals surface area contributed by atoms with Crippen molar-refractivity contribution < 1.29 is 13.6 Å². The van der Waals surface area contributed by atoms with Crippen molar-refractivity contribution in [1.29, 1.82) is 0 Å². The number of benzene rings is 3. The van der Waals surface area contributed by atoms with E-state index in [1.54, 1.807) is 0 Å². The van der Waals surface area contributed by atoms with Crippen LogP contribution < -0.4 is 0 Å². The molecule has 0 fully saturated rings. The van der Waals surface area contributed by atoms with E-state index in [9.17, 15) is 4.57 Å². The van der Waals surface area contributed by atoms with Gasteiger partial charge in [-0.25, -0.2) is 0 Å². The van der Waals surface area contributed by atoms with Gasteiger partial charge in [0.25, 0.3) is 0 Å². The predicted molar refractivity (Wildman–Crippen MR) is 104 cm³/mol. The van der Waals surface area contributed by atoms with E-state index in [2.05, 4.69) is 52.3 Å². The van der Waals surface area contributed by atoms with Crippen molar-refractivity contribution in [2.24, 2.45) is 0 Å². The molecule has 0 aromatic heterocycles. The Kier molecular flexibility index (Phi) is 5.41. The summed E-state index contributed by atoms with van der Waals surface area (Å²) >= 11 is 3.54. The lowest BCUT2D eigenvalue weighted by atomic mass is 10.0. The van der Waals surface area contributed by atoms with E-state index in [1.165, 1.54) is 10.8 Å². The van der Waals surface area contributed by atoms with E-state index < -0.39 is 7.60 Å². The first-order chi connectivity index (χ1) is 11.5. The molecule has 24 heavy (non-hydrogen) atoms. The van der Waals surface area contributed by atoms with Crippen LogP contribution in [-0.4, -0.2) is 13.2 Å². The lowest BCUT2D eigenvalue weighted by Crippen LogP contribution is -1.99. The van der Waals surface area contributed by atoms with Gasteiger partial charge >= 0.3 is 7.60 Å². The molecule has 0 bridgehead atoms. The van der Waals surface area contributed by atoms with Gasteiger partial charge in [0.1, 0.15) is 0 Å². The highest BCUT2D eigenvalue weighted by molar-refractivity contribution is 9.10. The molecule has 0 aliphatic carbocycles. The number of hydrogen-bond donors (Lipinski definition) is 0. The molecule has 126 valence electrons. The first kappa shape index (κ1) is 17.6. The number of halogens is 1. The first-order valence-electron chi connectivity index (χ1n) is 8.03. The minimum atomic E-state index is -3.10. The molecule has 0 atom stereocenters. The fraction of sp³-hybridized carbons (Fsp3) is 0.263. The molecule has 0 N–H and O–H groups in total. The normalized spacial score (nSPS) is 12.1. The fourth-order valence-corrected chi connectivity index (χ4v) is 4.96. The average molecular weight is 407 g/mol. The van der Waals surface area contributed by atoms with Crippen LogP contribution in [0.25, 0.3) is 21.5 Å². The molecule has 3 nitrogen and oxygen atoms in total. The van der Waals surface area contributed by atoms with Crippen LogP contribution in [0.15, 0.2) is 53.0 Å². The van der Waals surface area contributed by atoms with E-state index in [0.717, 1.165) is 20.8 Å². The van der Waals surface area contributed by atoms with Crippen LogP contribution in [0, 0.1) is 0 Å². The number of hydrogen-bond acceptors (Lipinski definition) is 3. The Morgan fingerprint density at radius 2 is 1.42 bits per heavy atom. The van der Waals surface area contributed by atoms with Crippen LogP contribution in [0.2, 0.25) is 0 Å². The molecule has 3 rings (SSSR count).